The number of carbonyl (C=O) groups is 1. The molecule has 136 valence electrons. The van der Waals surface area contributed by atoms with Gasteiger partial charge in [0.1, 0.15) is 0 Å². The summed E-state index contributed by atoms with van der Waals surface area (Å²) in [4.78, 5) is 12.0. The Bertz CT molecular complexity index is 825. The molecule has 4 rings (SSSR count). The molecule has 2 aliphatic rings. The van der Waals surface area contributed by atoms with Crippen molar-refractivity contribution in [2.45, 2.75) is 12.5 Å². The van der Waals surface area contributed by atoms with E-state index in [9.17, 15) is 9.90 Å². The lowest BCUT2D eigenvalue weighted by atomic mass is 10.1. The van der Waals surface area contributed by atoms with E-state index in [0.29, 0.717) is 47.2 Å². The third-order valence-electron chi connectivity index (χ3n) is 4.12. The third-order valence-corrected chi connectivity index (χ3v) is 4.12. The van der Waals surface area contributed by atoms with Gasteiger partial charge in [-0.15, -0.1) is 0 Å². The number of benzene rings is 2. The first-order chi connectivity index (χ1) is 12.7. The number of aliphatic hydroxyl groups is 1. The molecule has 8 heteroatoms. The van der Waals surface area contributed by atoms with Crippen LogP contribution in [0.2, 0.25) is 0 Å². The molecule has 0 spiro atoms. The number of carbonyl (C=O) groups excluding carboxylic acids is 1. The van der Waals surface area contributed by atoms with Crippen LogP contribution in [0.1, 0.15) is 18.1 Å². The zero-order valence-corrected chi connectivity index (χ0v) is 13.9. The van der Waals surface area contributed by atoms with Crippen LogP contribution in [0.3, 0.4) is 0 Å². The monoisotopic (exact) mass is 358 g/mol. The van der Waals surface area contributed by atoms with E-state index in [2.05, 4.69) is 10.6 Å². The van der Waals surface area contributed by atoms with Crippen molar-refractivity contribution in [2.75, 3.05) is 25.4 Å². The van der Waals surface area contributed by atoms with Crippen LogP contribution in [0.25, 0.3) is 0 Å². The molecule has 1 unspecified atom stereocenters. The number of nitrogens with one attached hydrogen (secondary N) is 2. The van der Waals surface area contributed by atoms with E-state index in [-0.39, 0.29) is 19.6 Å². The Balaban J connectivity index is 1.25. The summed E-state index contributed by atoms with van der Waals surface area (Å²) >= 11 is 0. The Morgan fingerprint density at radius 2 is 1.62 bits per heavy atom. The SMILES string of the molecule is O=C(NCCC(O)c1ccc2c(c1)OCO2)Nc1ccc2c(c1)OCO2. The van der Waals surface area contributed by atoms with Crippen molar-refractivity contribution < 1.29 is 28.8 Å². The fourth-order valence-electron chi connectivity index (χ4n) is 2.76. The first kappa shape index (κ1) is 16.3. The maximum Gasteiger partial charge on any atom is 0.319 e. The summed E-state index contributed by atoms with van der Waals surface area (Å²) in [5.41, 5.74) is 1.32. The van der Waals surface area contributed by atoms with Crippen molar-refractivity contribution in [1.82, 2.24) is 5.32 Å². The Labute approximate surface area is 149 Å². The van der Waals surface area contributed by atoms with E-state index in [4.69, 9.17) is 18.9 Å². The summed E-state index contributed by atoms with van der Waals surface area (Å²) in [6.07, 6.45) is -0.343. The summed E-state index contributed by atoms with van der Waals surface area (Å²) in [7, 11) is 0. The fraction of sp³-hybridized carbons (Fsp3) is 0.278. The quantitative estimate of drug-likeness (QED) is 0.759. The largest absolute Gasteiger partial charge is 0.454 e. The average Bonchev–Trinajstić information content (AvgIpc) is 3.29. The molecule has 2 aromatic rings. The number of rotatable bonds is 5. The van der Waals surface area contributed by atoms with Gasteiger partial charge in [-0.1, -0.05) is 6.07 Å². The molecule has 3 N–H and O–H groups in total. The maximum absolute atomic E-state index is 12.0. The second-order valence-corrected chi connectivity index (χ2v) is 5.87. The average molecular weight is 358 g/mol. The van der Waals surface area contributed by atoms with Gasteiger partial charge in [0, 0.05) is 18.3 Å². The molecule has 2 aliphatic heterocycles. The molecular formula is C18H18N2O6. The molecule has 0 saturated carbocycles. The van der Waals surface area contributed by atoms with Crippen LogP contribution in [0, 0.1) is 0 Å². The number of aliphatic hydroxyl groups excluding tert-OH is 1. The van der Waals surface area contributed by atoms with Gasteiger partial charge in [-0.2, -0.15) is 0 Å². The lowest BCUT2D eigenvalue weighted by Crippen LogP contribution is -2.30. The highest BCUT2D eigenvalue weighted by Gasteiger charge is 2.17. The highest BCUT2D eigenvalue weighted by molar-refractivity contribution is 5.89. The Morgan fingerprint density at radius 3 is 2.38 bits per heavy atom. The Hall–Kier alpha value is -3.13. The predicted octanol–water partition coefficient (Wildman–Crippen LogP) is 2.39. The molecule has 0 aliphatic carbocycles. The lowest BCUT2D eigenvalue weighted by Gasteiger charge is -2.13. The minimum absolute atomic E-state index is 0.183. The van der Waals surface area contributed by atoms with Crippen molar-refractivity contribution in [3.8, 4) is 23.0 Å². The van der Waals surface area contributed by atoms with Crippen LogP contribution in [0.5, 0.6) is 23.0 Å². The maximum atomic E-state index is 12.0. The first-order valence-corrected chi connectivity index (χ1v) is 8.21. The van der Waals surface area contributed by atoms with E-state index >= 15 is 0 Å². The van der Waals surface area contributed by atoms with Gasteiger partial charge in [0.2, 0.25) is 13.6 Å². The number of urea groups is 1. The fourth-order valence-corrected chi connectivity index (χ4v) is 2.76. The molecule has 2 heterocycles. The zero-order valence-electron chi connectivity index (χ0n) is 13.9. The Kier molecular flexibility index (Phi) is 4.40. The summed E-state index contributed by atoms with van der Waals surface area (Å²) in [6.45, 7) is 0.686. The Morgan fingerprint density at radius 1 is 0.962 bits per heavy atom. The van der Waals surface area contributed by atoms with Crippen LogP contribution >= 0.6 is 0 Å². The normalized spacial score (nSPS) is 14.8. The highest BCUT2D eigenvalue weighted by atomic mass is 16.7. The van der Waals surface area contributed by atoms with Crippen LogP contribution < -0.4 is 29.6 Å². The summed E-state index contributed by atoms with van der Waals surface area (Å²) in [5, 5.41) is 15.7. The van der Waals surface area contributed by atoms with E-state index in [0.717, 1.165) is 0 Å². The van der Waals surface area contributed by atoms with Gasteiger partial charge in [-0.25, -0.2) is 4.79 Å². The third kappa shape index (κ3) is 3.45. The van der Waals surface area contributed by atoms with Crippen molar-refractivity contribution in [2.24, 2.45) is 0 Å². The van der Waals surface area contributed by atoms with Crippen molar-refractivity contribution in [1.29, 1.82) is 0 Å². The van der Waals surface area contributed by atoms with Crippen LogP contribution in [-0.4, -0.2) is 31.3 Å². The summed E-state index contributed by atoms with van der Waals surface area (Å²) in [5.74, 6) is 2.54. The van der Waals surface area contributed by atoms with E-state index in [1.54, 1.807) is 36.4 Å². The number of fused-ring (bicyclic) bond motifs is 2. The molecule has 0 radical (unpaired) electrons. The second-order valence-electron chi connectivity index (χ2n) is 5.87. The molecule has 26 heavy (non-hydrogen) atoms. The number of anilines is 1. The molecular weight excluding hydrogens is 340 g/mol. The standard InChI is InChI=1S/C18H18N2O6/c21-13(11-1-3-14-16(7-11)25-9-23-14)5-6-19-18(22)20-12-2-4-15-17(8-12)26-10-24-15/h1-4,7-8,13,21H,5-6,9-10H2,(H2,19,20,22). The molecule has 8 nitrogen and oxygen atoms in total. The highest BCUT2D eigenvalue weighted by Crippen LogP contribution is 2.35. The van der Waals surface area contributed by atoms with Crippen LogP contribution in [-0.2, 0) is 0 Å². The molecule has 0 fully saturated rings. The number of hydrogen-bond donors (Lipinski definition) is 3. The number of hydrogen-bond acceptors (Lipinski definition) is 6. The van der Waals surface area contributed by atoms with Gasteiger partial charge >= 0.3 is 6.03 Å². The van der Waals surface area contributed by atoms with Gasteiger partial charge in [0.25, 0.3) is 0 Å². The van der Waals surface area contributed by atoms with Crippen LogP contribution in [0.4, 0.5) is 10.5 Å². The van der Waals surface area contributed by atoms with Gasteiger partial charge in [-0.05, 0) is 36.2 Å². The van der Waals surface area contributed by atoms with Crippen molar-refractivity contribution in [3.63, 3.8) is 0 Å². The van der Waals surface area contributed by atoms with Crippen molar-refractivity contribution >= 4 is 11.7 Å². The summed E-state index contributed by atoms with van der Waals surface area (Å²) < 4.78 is 21.0. The molecule has 0 saturated heterocycles. The van der Waals surface area contributed by atoms with Gasteiger partial charge in [-0.3, -0.25) is 0 Å². The first-order valence-electron chi connectivity index (χ1n) is 8.21. The van der Waals surface area contributed by atoms with E-state index in [1.165, 1.54) is 0 Å². The van der Waals surface area contributed by atoms with Gasteiger partial charge in [0.05, 0.1) is 6.10 Å². The molecule has 1 atom stereocenters. The van der Waals surface area contributed by atoms with Gasteiger partial charge in [0.15, 0.2) is 23.0 Å². The number of amides is 2. The second kappa shape index (κ2) is 7.01. The predicted molar refractivity (Wildman–Crippen MR) is 91.7 cm³/mol. The minimum Gasteiger partial charge on any atom is -0.454 e. The molecule has 0 bridgehead atoms. The minimum atomic E-state index is -0.713. The molecule has 2 amide bonds. The van der Waals surface area contributed by atoms with Crippen molar-refractivity contribution in [3.05, 3.63) is 42.0 Å². The lowest BCUT2D eigenvalue weighted by molar-refractivity contribution is 0.165. The van der Waals surface area contributed by atoms with Gasteiger partial charge < -0.3 is 34.7 Å². The topological polar surface area (TPSA) is 98.3 Å². The molecule has 2 aromatic carbocycles. The number of ether oxygens (including phenoxy) is 4. The van der Waals surface area contributed by atoms with Crippen LogP contribution in [0.15, 0.2) is 36.4 Å². The van der Waals surface area contributed by atoms with E-state index < -0.39 is 6.10 Å². The van der Waals surface area contributed by atoms with E-state index in [1.807, 2.05) is 0 Å². The zero-order chi connectivity index (χ0) is 17.9. The summed E-state index contributed by atoms with van der Waals surface area (Å²) in [6, 6.07) is 10.1. The smallest absolute Gasteiger partial charge is 0.319 e. The molecule has 0 aromatic heterocycles.